The van der Waals surface area contributed by atoms with E-state index in [1.165, 1.54) is 17.5 Å². The predicted molar refractivity (Wildman–Crippen MR) is 66.1 cm³/mol. The molecule has 2 aromatic rings. The van der Waals surface area contributed by atoms with Crippen molar-refractivity contribution in [2.24, 2.45) is 0 Å². The van der Waals surface area contributed by atoms with Crippen LogP contribution in [0.25, 0.3) is 10.6 Å². The van der Waals surface area contributed by atoms with Crippen LogP contribution in [0.4, 0.5) is 4.39 Å². The molecule has 0 aromatic carbocycles. The lowest BCUT2D eigenvalue weighted by Crippen LogP contribution is -2.26. The number of aromatic nitrogens is 2. The topological polar surface area (TPSA) is 54.9 Å². The summed E-state index contributed by atoms with van der Waals surface area (Å²) in [5.74, 6) is -0.257. The summed E-state index contributed by atoms with van der Waals surface area (Å²) in [4.78, 5) is 20.4. The van der Waals surface area contributed by atoms with Crippen LogP contribution in [-0.4, -0.2) is 28.1 Å². The monoisotopic (exact) mass is 263 g/mol. The van der Waals surface area contributed by atoms with Gasteiger partial charge in [0.25, 0.3) is 5.91 Å². The molecule has 3 rings (SSSR count). The molecule has 4 nitrogen and oxygen atoms in total. The molecule has 1 amide bonds. The highest BCUT2D eigenvalue weighted by Crippen LogP contribution is 2.27. The minimum absolute atomic E-state index is 0.257. The van der Waals surface area contributed by atoms with Crippen molar-refractivity contribution in [2.75, 3.05) is 0 Å². The molecule has 1 saturated carbocycles. The van der Waals surface area contributed by atoms with Gasteiger partial charge in [0.2, 0.25) is 0 Å². The Balaban J connectivity index is 1.75. The lowest BCUT2D eigenvalue weighted by atomic mass is 10.3. The Morgan fingerprint density at radius 3 is 3.00 bits per heavy atom. The van der Waals surface area contributed by atoms with Crippen LogP contribution in [0.5, 0.6) is 0 Å². The molecule has 1 aliphatic carbocycles. The first-order valence-electron chi connectivity index (χ1n) is 5.55. The molecule has 0 saturated heterocycles. The molecule has 2 atom stereocenters. The van der Waals surface area contributed by atoms with E-state index in [1.807, 2.05) is 12.1 Å². The second-order valence-corrected chi connectivity index (χ2v) is 5.13. The number of amides is 1. The molecule has 0 unspecified atom stereocenters. The number of hydrogen-bond donors (Lipinski definition) is 1. The summed E-state index contributed by atoms with van der Waals surface area (Å²) in [6.07, 6.45) is 4.41. The van der Waals surface area contributed by atoms with Gasteiger partial charge in [-0.15, -0.1) is 11.3 Å². The number of thiazole rings is 1. The lowest BCUT2D eigenvalue weighted by Gasteiger charge is -1.98. The number of nitrogens with zero attached hydrogens (tertiary/aromatic N) is 2. The Kier molecular flexibility index (Phi) is 2.79. The Bertz CT molecular complexity index is 572. The van der Waals surface area contributed by atoms with Crippen molar-refractivity contribution < 1.29 is 9.18 Å². The van der Waals surface area contributed by atoms with E-state index in [2.05, 4.69) is 15.3 Å². The Labute approximate surface area is 107 Å². The van der Waals surface area contributed by atoms with E-state index in [0.717, 1.165) is 10.6 Å². The van der Waals surface area contributed by atoms with Crippen LogP contribution in [0.2, 0.25) is 0 Å². The molecule has 2 heterocycles. The Morgan fingerprint density at radius 2 is 2.33 bits per heavy atom. The van der Waals surface area contributed by atoms with Gasteiger partial charge in [0, 0.05) is 24.4 Å². The van der Waals surface area contributed by atoms with E-state index in [1.54, 1.807) is 12.4 Å². The van der Waals surface area contributed by atoms with Gasteiger partial charge in [-0.1, -0.05) is 0 Å². The van der Waals surface area contributed by atoms with Crippen LogP contribution in [0.1, 0.15) is 16.1 Å². The van der Waals surface area contributed by atoms with Crippen LogP contribution in [0, 0.1) is 0 Å². The molecule has 92 valence electrons. The minimum atomic E-state index is -0.889. The van der Waals surface area contributed by atoms with Crippen molar-refractivity contribution in [1.29, 1.82) is 0 Å². The van der Waals surface area contributed by atoms with E-state index in [4.69, 9.17) is 0 Å². The number of nitrogens with one attached hydrogen (secondary N) is 1. The first-order valence-corrected chi connectivity index (χ1v) is 6.37. The zero-order valence-corrected chi connectivity index (χ0v) is 10.2. The predicted octanol–water partition coefficient (Wildman–Crippen LogP) is 2.05. The van der Waals surface area contributed by atoms with Gasteiger partial charge in [0.15, 0.2) is 0 Å². The fourth-order valence-corrected chi connectivity index (χ4v) is 2.36. The summed E-state index contributed by atoms with van der Waals surface area (Å²) in [7, 11) is 0. The van der Waals surface area contributed by atoms with Gasteiger partial charge in [0.05, 0.1) is 12.2 Å². The molecule has 6 heteroatoms. The van der Waals surface area contributed by atoms with Crippen LogP contribution in [0.3, 0.4) is 0 Å². The van der Waals surface area contributed by atoms with E-state index < -0.39 is 6.17 Å². The van der Waals surface area contributed by atoms with Crippen molar-refractivity contribution in [3.63, 3.8) is 0 Å². The number of carbonyl (C=O) groups is 1. The first-order chi connectivity index (χ1) is 8.74. The van der Waals surface area contributed by atoms with E-state index in [9.17, 15) is 9.18 Å². The maximum Gasteiger partial charge on any atom is 0.263 e. The number of carbonyl (C=O) groups excluding carboxylic acids is 1. The number of alkyl halides is 1. The van der Waals surface area contributed by atoms with Gasteiger partial charge in [-0.05, 0) is 12.1 Å². The third-order valence-corrected chi connectivity index (χ3v) is 3.71. The molecule has 1 N–H and O–H groups in total. The maximum absolute atomic E-state index is 12.7. The van der Waals surface area contributed by atoms with Crippen LogP contribution in [-0.2, 0) is 0 Å². The van der Waals surface area contributed by atoms with E-state index in [0.29, 0.717) is 11.3 Å². The molecule has 0 radical (unpaired) electrons. The minimum Gasteiger partial charge on any atom is -0.346 e. The third-order valence-electron chi connectivity index (χ3n) is 2.67. The Morgan fingerprint density at radius 1 is 1.50 bits per heavy atom. The van der Waals surface area contributed by atoms with Crippen molar-refractivity contribution in [3.8, 4) is 10.6 Å². The summed E-state index contributed by atoms with van der Waals surface area (Å²) < 4.78 is 12.7. The molecule has 0 bridgehead atoms. The van der Waals surface area contributed by atoms with Gasteiger partial charge < -0.3 is 5.32 Å². The standard InChI is InChI=1S/C12H10FN3OS/c13-8-4-9(8)16-11(17)10-6-15-12(18-10)7-2-1-3-14-5-7/h1-3,5-6,8-9H,4H2,(H,16,17)/t8-,9-/m0/s1. The van der Waals surface area contributed by atoms with Crippen LogP contribution < -0.4 is 5.32 Å². The Hall–Kier alpha value is -1.82. The third kappa shape index (κ3) is 2.24. The summed E-state index contributed by atoms with van der Waals surface area (Å²) in [5.41, 5.74) is 0.872. The summed E-state index contributed by atoms with van der Waals surface area (Å²) in [6, 6.07) is 3.38. The average Bonchev–Trinajstić information content (AvgIpc) is 2.92. The summed E-state index contributed by atoms with van der Waals surface area (Å²) >= 11 is 1.28. The highest BCUT2D eigenvalue weighted by atomic mass is 32.1. The van der Waals surface area contributed by atoms with Crippen LogP contribution >= 0.6 is 11.3 Å². The molecular weight excluding hydrogens is 253 g/mol. The zero-order valence-electron chi connectivity index (χ0n) is 9.34. The smallest absolute Gasteiger partial charge is 0.263 e. The number of pyridine rings is 1. The van der Waals surface area contributed by atoms with Crippen molar-refractivity contribution in [2.45, 2.75) is 18.6 Å². The largest absolute Gasteiger partial charge is 0.346 e. The molecule has 0 aliphatic heterocycles. The summed E-state index contributed by atoms with van der Waals surface area (Å²) in [5, 5.41) is 3.36. The SMILES string of the molecule is O=C(N[C@H]1C[C@@H]1F)c1cnc(-c2cccnc2)s1. The number of rotatable bonds is 3. The first kappa shape index (κ1) is 11.3. The second kappa shape index (κ2) is 4.45. The summed E-state index contributed by atoms with van der Waals surface area (Å²) in [6.45, 7) is 0. The second-order valence-electron chi connectivity index (χ2n) is 4.10. The van der Waals surface area contributed by atoms with E-state index >= 15 is 0 Å². The maximum atomic E-state index is 12.7. The van der Waals surface area contributed by atoms with Gasteiger partial charge in [0.1, 0.15) is 16.1 Å². The molecular formula is C12H10FN3OS. The number of halogens is 1. The average molecular weight is 263 g/mol. The highest BCUT2D eigenvalue weighted by Gasteiger charge is 2.39. The molecule has 1 fully saturated rings. The number of hydrogen-bond acceptors (Lipinski definition) is 4. The molecule has 1 aliphatic rings. The lowest BCUT2D eigenvalue weighted by molar-refractivity contribution is 0.0951. The quantitative estimate of drug-likeness (QED) is 0.922. The van der Waals surface area contributed by atoms with Crippen molar-refractivity contribution in [3.05, 3.63) is 35.6 Å². The fourth-order valence-electron chi connectivity index (χ4n) is 1.55. The van der Waals surface area contributed by atoms with Gasteiger partial charge in [-0.25, -0.2) is 9.37 Å². The van der Waals surface area contributed by atoms with Gasteiger partial charge >= 0.3 is 0 Å². The fraction of sp³-hybridized carbons (Fsp3) is 0.250. The van der Waals surface area contributed by atoms with E-state index in [-0.39, 0.29) is 11.9 Å². The van der Waals surface area contributed by atoms with Gasteiger partial charge in [-0.2, -0.15) is 0 Å². The molecule has 0 spiro atoms. The molecule has 2 aromatic heterocycles. The van der Waals surface area contributed by atoms with Crippen molar-refractivity contribution in [1.82, 2.24) is 15.3 Å². The van der Waals surface area contributed by atoms with Crippen molar-refractivity contribution >= 4 is 17.2 Å². The zero-order chi connectivity index (χ0) is 12.5. The normalized spacial score (nSPS) is 21.6. The highest BCUT2D eigenvalue weighted by molar-refractivity contribution is 7.16. The van der Waals surface area contributed by atoms with Crippen LogP contribution in [0.15, 0.2) is 30.7 Å². The van der Waals surface area contributed by atoms with Gasteiger partial charge in [-0.3, -0.25) is 9.78 Å². The molecule has 18 heavy (non-hydrogen) atoms.